The molecule has 3 atom stereocenters. The predicted molar refractivity (Wildman–Crippen MR) is 96.3 cm³/mol. The molecule has 1 N–H and O–H groups in total. The fourth-order valence-corrected chi connectivity index (χ4v) is 4.24. The maximum atomic E-state index is 12.9. The monoisotopic (exact) mass is 388 g/mol. The highest BCUT2D eigenvalue weighted by molar-refractivity contribution is 6.30. The first kappa shape index (κ1) is 19.3. The van der Waals surface area contributed by atoms with Crippen LogP contribution < -0.4 is 10.2 Å². The molecule has 7 heteroatoms. The third kappa shape index (κ3) is 4.64. The molecule has 1 aromatic carbocycles. The lowest BCUT2D eigenvalue weighted by molar-refractivity contribution is -0.185. The Balaban J connectivity index is 1.55. The zero-order valence-corrected chi connectivity index (χ0v) is 15.3. The quantitative estimate of drug-likeness (QED) is 0.804. The first-order valence-electron chi connectivity index (χ1n) is 9.21. The number of halogens is 4. The van der Waals surface area contributed by atoms with Crippen molar-refractivity contribution >= 4 is 23.2 Å². The number of benzene rings is 1. The number of amides is 1. The second kappa shape index (κ2) is 8.07. The SMILES string of the molecule is O=C(NCC1CCCC(C(F)(F)F)C1)[C@@H]1CCCN1c1ccc(Cl)cc1. The van der Waals surface area contributed by atoms with Gasteiger partial charge in [-0.2, -0.15) is 13.2 Å². The molecule has 1 amide bonds. The molecule has 26 heavy (non-hydrogen) atoms. The van der Waals surface area contributed by atoms with E-state index in [-0.39, 0.29) is 30.7 Å². The van der Waals surface area contributed by atoms with Crippen LogP contribution in [0.4, 0.5) is 18.9 Å². The third-order valence-electron chi connectivity index (χ3n) is 5.52. The number of nitrogens with one attached hydrogen (secondary N) is 1. The van der Waals surface area contributed by atoms with Crippen LogP contribution in [0.3, 0.4) is 0 Å². The molecule has 0 aromatic heterocycles. The molecule has 3 rings (SSSR count). The zero-order chi connectivity index (χ0) is 18.7. The molecule has 2 unspecified atom stereocenters. The van der Waals surface area contributed by atoms with Crippen LogP contribution in [-0.4, -0.2) is 31.2 Å². The molecule has 0 spiro atoms. The summed E-state index contributed by atoms with van der Waals surface area (Å²) < 4.78 is 38.8. The number of carbonyl (C=O) groups excluding carboxylic acids is 1. The Bertz CT molecular complexity index is 620. The average molecular weight is 389 g/mol. The Morgan fingerprint density at radius 2 is 1.88 bits per heavy atom. The number of hydrogen-bond acceptors (Lipinski definition) is 2. The van der Waals surface area contributed by atoms with Gasteiger partial charge in [0.1, 0.15) is 6.04 Å². The van der Waals surface area contributed by atoms with Crippen LogP contribution in [-0.2, 0) is 4.79 Å². The summed E-state index contributed by atoms with van der Waals surface area (Å²) in [4.78, 5) is 14.7. The maximum Gasteiger partial charge on any atom is 0.391 e. The van der Waals surface area contributed by atoms with Crippen LogP contribution in [0.2, 0.25) is 5.02 Å². The molecule has 1 aliphatic carbocycles. The van der Waals surface area contributed by atoms with Crippen LogP contribution >= 0.6 is 11.6 Å². The Labute approximate surface area is 156 Å². The lowest BCUT2D eigenvalue weighted by Crippen LogP contribution is -2.45. The van der Waals surface area contributed by atoms with E-state index in [1.54, 1.807) is 12.1 Å². The van der Waals surface area contributed by atoms with Crippen molar-refractivity contribution in [3.8, 4) is 0 Å². The van der Waals surface area contributed by atoms with Crippen molar-refractivity contribution in [1.82, 2.24) is 5.32 Å². The Morgan fingerprint density at radius 3 is 2.58 bits per heavy atom. The van der Waals surface area contributed by atoms with E-state index in [0.717, 1.165) is 31.5 Å². The number of alkyl halides is 3. The summed E-state index contributed by atoms with van der Waals surface area (Å²) >= 11 is 5.92. The van der Waals surface area contributed by atoms with E-state index in [0.29, 0.717) is 18.0 Å². The van der Waals surface area contributed by atoms with Crippen molar-refractivity contribution in [2.24, 2.45) is 11.8 Å². The summed E-state index contributed by atoms with van der Waals surface area (Å²) in [5.74, 6) is -1.41. The number of rotatable bonds is 4. The zero-order valence-electron chi connectivity index (χ0n) is 14.6. The van der Waals surface area contributed by atoms with Gasteiger partial charge in [-0.15, -0.1) is 0 Å². The lowest BCUT2D eigenvalue weighted by Gasteiger charge is -2.31. The minimum absolute atomic E-state index is 0.0911. The molecular formula is C19H24ClF3N2O. The largest absolute Gasteiger partial charge is 0.391 e. The van der Waals surface area contributed by atoms with Crippen molar-refractivity contribution in [3.63, 3.8) is 0 Å². The fourth-order valence-electron chi connectivity index (χ4n) is 4.12. The van der Waals surface area contributed by atoms with Crippen LogP contribution in [0, 0.1) is 11.8 Å². The van der Waals surface area contributed by atoms with Crippen molar-refractivity contribution in [2.75, 3.05) is 18.0 Å². The minimum Gasteiger partial charge on any atom is -0.360 e. The van der Waals surface area contributed by atoms with Gasteiger partial charge in [0.05, 0.1) is 5.92 Å². The van der Waals surface area contributed by atoms with Crippen molar-refractivity contribution in [3.05, 3.63) is 29.3 Å². The van der Waals surface area contributed by atoms with Crippen LogP contribution in [0.1, 0.15) is 38.5 Å². The third-order valence-corrected chi connectivity index (χ3v) is 5.78. The topological polar surface area (TPSA) is 32.3 Å². The summed E-state index contributed by atoms with van der Waals surface area (Å²) in [6.45, 7) is 1.12. The van der Waals surface area contributed by atoms with Gasteiger partial charge in [0, 0.05) is 23.8 Å². The Kier molecular flexibility index (Phi) is 6.00. The Morgan fingerprint density at radius 1 is 1.15 bits per heavy atom. The highest BCUT2D eigenvalue weighted by atomic mass is 35.5. The molecule has 1 aromatic rings. The standard InChI is InChI=1S/C19H24ClF3N2O/c20-15-6-8-16(9-7-15)25-10-2-5-17(25)18(26)24-12-13-3-1-4-14(11-13)19(21,22)23/h6-9,13-14,17H,1-5,10-12H2,(H,24,26)/t13?,14?,17-/m0/s1. The minimum atomic E-state index is -4.13. The average Bonchev–Trinajstić information content (AvgIpc) is 3.09. The van der Waals surface area contributed by atoms with E-state index in [9.17, 15) is 18.0 Å². The molecule has 144 valence electrons. The van der Waals surface area contributed by atoms with Gasteiger partial charge in [-0.1, -0.05) is 18.0 Å². The second-order valence-corrected chi connectivity index (χ2v) is 7.78. The molecular weight excluding hydrogens is 365 g/mol. The first-order valence-corrected chi connectivity index (χ1v) is 9.59. The molecule has 2 aliphatic rings. The summed E-state index contributed by atoms with van der Waals surface area (Å²) in [7, 11) is 0. The molecule has 1 saturated carbocycles. The van der Waals surface area contributed by atoms with Gasteiger partial charge < -0.3 is 10.2 Å². The van der Waals surface area contributed by atoms with Gasteiger partial charge in [0.15, 0.2) is 0 Å². The Hall–Kier alpha value is -1.43. The van der Waals surface area contributed by atoms with E-state index in [2.05, 4.69) is 5.32 Å². The van der Waals surface area contributed by atoms with Gasteiger partial charge >= 0.3 is 6.18 Å². The van der Waals surface area contributed by atoms with Crippen LogP contribution in [0.15, 0.2) is 24.3 Å². The number of nitrogens with zero attached hydrogens (tertiary/aromatic N) is 1. The highest BCUT2D eigenvalue weighted by Crippen LogP contribution is 2.39. The van der Waals surface area contributed by atoms with Crippen molar-refractivity contribution in [1.29, 1.82) is 0 Å². The van der Waals surface area contributed by atoms with Gasteiger partial charge in [-0.25, -0.2) is 0 Å². The van der Waals surface area contributed by atoms with Crippen molar-refractivity contribution < 1.29 is 18.0 Å². The lowest BCUT2D eigenvalue weighted by atomic mass is 9.81. The molecule has 1 aliphatic heterocycles. The molecule has 0 bridgehead atoms. The normalized spacial score (nSPS) is 26.8. The number of carbonyl (C=O) groups is 1. The van der Waals surface area contributed by atoms with Gasteiger partial charge in [0.25, 0.3) is 0 Å². The predicted octanol–water partition coefficient (Wildman–Crippen LogP) is 4.79. The summed E-state index contributed by atoms with van der Waals surface area (Å²) in [6, 6.07) is 7.11. The van der Waals surface area contributed by atoms with E-state index in [1.165, 1.54) is 0 Å². The molecule has 2 fully saturated rings. The number of hydrogen-bond donors (Lipinski definition) is 1. The van der Waals surface area contributed by atoms with Gasteiger partial charge in [-0.05, 0) is 62.3 Å². The van der Waals surface area contributed by atoms with E-state index < -0.39 is 12.1 Å². The summed E-state index contributed by atoms with van der Waals surface area (Å²) in [5, 5.41) is 3.55. The fraction of sp³-hybridized carbons (Fsp3) is 0.632. The van der Waals surface area contributed by atoms with Gasteiger partial charge in [0.2, 0.25) is 5.91 Å². The summed E-state index contributed by atoms with van der Waals surface area (Å²) in [5.41, 5.74) is 0.946. The van der Waals surface area contributed by atoms with Crippen molar-refractivity contribution in [2.45, 2.75) is 50.7 Å². The first-order chi connectivity index (χ1) is 12.3. The van der Waals surface area contributed by atoms with Gasteiger partial charge in [-0.3, -0.25) is 4.79 Å². The molecule has 3 nitrogen and oxygen atoms in total. The summed E-state index contributed by atoms with van der Waals surface area (Å²) in [6.07, 6.45) is -0.802. The van der Waals surface area contributed by atoms with Crippen LogP contribution in [0.25, 0.3) is 0 Å². The van der Waals surface area contributed by atoms with E-state index in [1.807, 2.05) is 17.0 Å². The van der Waals surface area contributed by atoms with E-state index in [4.69, 9.17) is 11.6 Å². The smallest absolute Gasteiger partial charge is 0.360 e. The second-order valence-electron chi connectivity index (χ2n) is 7.34. The van der Waals surface area contributed by atoms with Crippen LogP contribution in [0.5, 0.6) is 0 Å². The highest BCUT2D eigenvalue weighted by Gasteiger charge is 2.42. The molecule has 1 saturated heterocycles. The molecule has 0 radical (unpaired) electrons. The number of anilines is 1. The maximum absolute atomic E-state index is 12.9. The molecule has 1 heterocycles. The van der Waals surface area contributed by atoms with E-state index >= 15 is 0 Å².